The summed E-state index contributed by atoms with van der Waals surface area (Å²) in [5.41, 5.74) is 1.05. The molecule has 1 heterocycles. The van der Waals surface area contributed by atoms with E-state index in [2.05, 4.69) is 4.98 Å². The Bertz CT molecular complexity index is 678. The third-order valence-corrected chi connectivity index (χ3v) is 3.04. The number of benzene rings is 1. The number of carboxylic acids is 1. The van der Waals surface area contributed by atoms with E-state index in [-0.39, 0.29) is 11.4 Å². The molecule has 0 atom stereocenters. The van der Waals surface area contributed by atoms with Crippen molar-refractivity contribution in [2.24, 2.45) is 7.05 Å². The number of aromatic nitrogens is 2. The van der Waals surface area contributed by atoms with Crippen molar-refractivity contribution in [3.05, 3.63) is 51.8 Å². The molecule has 0 radical (unpaired) electrons. The maximum atomic E-state index is 10.9. The van der Waals surface area contributed by atoms with E-state index in [1.54, 1.807) is 35.7 Å². The van der Waals surface area contributed by atoms with E-state index >= 15 is 0 Å². The van der Waals surface area contributed by atoms with Crippen molar-refractivity contribution < 1.29 is 14.8 Å². The topological polar surface area (TPSA) is 102 Å². The summed E-state index contributed by atoms with van der Waals surface area (Å²) in [6.07, 6.45) is 1.39. The molecule has 0 bridgehead atoms. The largest absolute Gasteiger partial charge is 0.478 e. The molecule has 0 amide bonds. The number of carboxylic acid groups (broad SMARTS) is 1. The SMILES string of the molecule is CN(Cc1ccc(C(=O)O)cc1)c1c([N+](=O)[O-])ncn1C. The van der Waals surface area contributed by atoms with Crippen LogP contribution in [0.25, 0.3) is 0 Å². The van der Waals surface area contributed by atoms with Gasteiger partial charge >= 0.3 is 11.8 Å². The summed E-state index contributed by atoms with van der Waals surface area (Å²) in [5.74, 6) is -0.804. The van der Waals surface area contributed by atoms with Gasteiger partial charge in [0, 0.05) is 20.6 Å². The molecule has 1 aromatic heterocycles. The molecule has 1 aromatic carbocycles. The number of aromatic carboxylic acids is 1. The van der Waals surface area contributed by atoms with Crippen LogP contribution in [-0.2, 0) is 13.6 Å². The van der Waals surface area contributed by atoms with E-state index in [1.165, 1.54) is 18.5 Å². The molecule has 1 N–H and O–H groups in total. The van der Waals surface area contributed by atoms with Crippen molar-refractivity contribution in [3.8, 4) is 0 Å². The van der Waals surface area contributed by atoms with Crippen LogP contribution in [-0.4, -0.2) is 32.6 Å². The fraction of sp³-hybridized carbons (Fsp3) is 0.231. The third kappa shape index (κ3) is 2.99. The standard InChI is InChI=1S/C13H14N4O4/c1-15(12-11(17(20)21)14-8-16(12)2)7-9-3-5-10(6-4-9)13(18)19/h3-6,8H,7H2,1-2H3,(H,18,19). The molecule has 0 spiro atoms. The van der Waals surface area contributed by atoms with Gasteiger partial charge < -0.3 is 20.1 Å². The zero-order valence-corrected chi connectivity index (χ0v) is 11.6. The Kier molecular flexibility index (Phi) is 3.88. The Morgan fingerprint density at radius 3 is 2.57 bits per heavy atom. The van der Waals surface area contributed by atoms with Gasteiger partial charge in [-0.2, -0.15) is 0 Å². The summed E-state index contributed by atoms with van der Waals surface area (Å²) in [5, 5.41) is 19.8. The van der Waals surface area contributed by atoms with Crippen molar-refractivity contribution >= 4 is 17.6 Å². The maximum Gasteiger partial charge on any atom is 0.406 e. The van der Waals surface area contributed by atoms with Gasteiger partial charge in [-0.05, 0) is 27.6 Å². The molecule has 2 rings (SSSR count). The van der Waals surface area contributed by atoms with E-state index in [9.17, 15) is 14.9 Å². The molecule has 0 saturated carbocycles. The van der Waals surface area contributed by atoms with Crippen LogP contribution in [0.4, 0.5) is 11.6 Å². The summed E-state index contributed by atoms with van der Waals surface area (Å²) in [4.78, 5) is 26.7. The number of rotatable bonds is 5. The van der Waals surface area contributed by atoms with Gasteiger partial charge in [-0.1, -0.05) is 12.1 Å². The second-order valence-corrected chi connectivity index (χ2v) is 4.62. The molecule has 21 heavy (non-hydrogen) atoms. The smallest absolute Gasteiger partial charge is 0.406 e. The molecule has 2 aromatic rings. The lowest BCUT2D eigenvalue weighted by molar-refractivity contribution is -0.388. The van der Waals surface area contributed by atoms with Crippen molar-refractivity contribution in [1.82, 2.24) is 9.55 Å². The predicted octanol–water partition coefficient (Wildman–Crippen LogP) is 1.66. The minimum Gasteiger partial charge on any atom is -0.478 e. The highest BCUT2D eigenvalue weighted by Gasteiger charge is 2.23. The van der Waals surface area contributed by atoms with E-state index in [0.717, 1.165) is 5.56 Å². The summed E-state index contributed by atoms with van der Waals surface area (Å²) < 4.78 is 1.57. The zero-order valence-electron chi connectivity index (χ0n) is 11.6. The first-order valence-corrected chi connectivity index (χ1v) is 6.09. The molecule has 0 fully saturated rings. The number of carbonyl (C=O) groups is 1. The Labute approximate surface area is 120 Å². The average molecular weight is 290 g/mol. The van der Waals surface area contributed by atoms with Crippen molar-refractivity contribution in [3.63, 3.8) is 0 Å². The molecule has 0 aliphatic rings. The van der Waals surface area contributed by atoms with Crippen LogP contribution in [0.1, 0.15) is 15.9 Å². The average Bonchev–Trinajstić information content (AvgIpc) is 2.81. The minimum absolute atomic E-state index is 0.202. The molecular weight excluding hydrogens is 276 g/mol. The summed E-state index contributed by atoms with van der Waals surface area (Å²) in [6, 6.07) is 6.37. The predicted molar refractivity (Wildman–Crippen MR) is 75.4 cm³/mol. The van der Waals surface area contributed by atoms with E-state index in [0.29, 0.717) is 12.4 Å². The van der Waals surface area contributed by atoms with E-state index in [4.69, 9.17) is 5.11 Å². The lowest BCUT2D eigenvalue weighted by Crippen LogP contribution is -2.20. The Morgan fingerprint density at radius 2 is 2.05 bits per heavy atom. The minimum atomic E-state index is -0.989. The summed E-state index contributed by atoms with van der Waals surface area (Å²) >= 11 is 0. The zero-order chi connectivity index (χ0) is 15.6. The van der Waals surface area contributed by atoms with E-state index in [1.807, 2.05) is 0 Å². The van der Waals surface area contributed by atoms with Crippen molar-refractivity contribution in [1.29, 1.82) is 0 Å². The van der Waals surface area contributed by atoms with Crippen LogP contribution in [0.3, 0.4) is 0 Å². The first kappa shape index (κ1) is 14.5. The van der Waals surface area contributed by atoms with Crippen LogP contribution < -0.4 is 4.90 Å². The number of hydrogen-bond donors (Lipinski definition) is 1. The van der Waals surface area contributed by atoms with Crippen molar-refractivity contribution in [2.45, 2.75) is 6.54 Å². The maximum absolute atomic E-state index is 10.9. The molecule has 8 heteroatoms. The summed E-state index contributed by atoms with van der Waals surface area (Å²) in [7, 11) is 3.40. The highest BCUT2D eigenvalue weighted by atomic mass is 16.6. The van der Waals surface area contributed by atoms with Gasteiger partial charge in [0.25, 0.3) is 0 Å². The molecule has 110 valence electrons. The lowest BCUT2D eigenvalue weighted by atomic mass is 10.1. The van der Waals surface area contributed by atoms with Gasteiger partial charge in [0.2, 0.25) is 12.1 Å². The highest BCUT2D eigenvalue weighted by Crippen LogP contribution is 2.25. The first-order chi connectivity index (χ1) is 9.90. The van der Waals surface area contributed by atoms with Crippen LogP contribution in [0.5, 0.6) is 0 Å². The molecular formula is C13H14N4O4. The number of aryl methyl sites for hydroxylation is 1. The van der Waals surface area contributed by atoms with Gasteiger partial charge in [-0.15, -0.1) is 0 Å². The van der Waals surface area contributed by atoms with Crippen LogP contribution >= 0.6 is 0 Å². The van der Waals surface area contributed by atoms with Crippen LogP contribution in [0, 0.1) is 10.1 Å². The Morgan fingerprint density at radius 1 is 1.43 bits per heavy atom. The normalized spacial score (nSPS) is 10.4. The second-order valence-electron chi connectivity index (χ2n) is 4.62. The van der Waals surface area contributed by atoms with Gasteiger partial charge in [0.15, 0.2) is 0 Å². The molecule has 0 saturated heterocycles. The Hall–Kier alpha value is -2.90. The molecule has 0 aliphatic carbocycles. The Balaban J connectivity index is 2.22. The fourth-order valence-corrected chi connectivity index (χ4v) is 2.08. The molecule has 0 aliphatic heterocycles. The molecule has 0 unspecified atom stereocenters. The number of nitro groups is 1. The van der Waals surface area contributed by atoms with E-state index < -0.39 is 10.9 Å². The van der Waals surface area contributed by atoms with Crippen molar-refractivity contribution in [2.75, 3.05) is 11.9 Å². The summed E-state index contributed by atoms with van der Waals surface area (Å²) in [6.45, 7) is 0.403. The second kappa shape index (κ2) is 5.61. The van der Waals surface area contributed by atoms with Gasteiger partial charge in [0.05, 0.1) is 5.56 Å². The lowest BCUT2D eigenvalue weighted by Gasteiger charge is -2.18. The first-order valence-electron chi connectivity index (χ1n) is 6.09. The molecule has 8 nitrogen and oxygen atoms in total. The fourth-order valence-electron chi connectivity index (χ4n) is 2.08. The highest BCUT2D eigenvalue weighted by molar-refractivity contribution is 5.87. The third-order valence-electron chi connectivity index (χ3n) is 3.04. The van der Waals surface area contributed by atoms with Crippen LogP contribution in [0.15, 0.2) is 30.6 Å². The number of hydrogen-bond acceptors (Lipinski definition) is 5. The van der Waals surface area contributed by atoms with Gasteiger partial charge in [-0.25, -0.2) is 4.79 Å². The monoisotopic (exact) mass is 290 g/mol. The van der Waals surface area contributed by atoms with Gasteiger partial charge in [-0.3, -0.25) is 4.57 Å². The van der Waals surface area contributed by atoms with Gasteiger partial charge in [0.1, 0.15) is 0 Å². The number of imidazole rings is 1. The number of anilines is 1. The van der Waals surface area contributed by atoms with Crippen LogP contribution in [0.2, 0.25) is 0 Å². The quantitative estimate of drug-likeness (QED) is 0.663. The number of nitrogens with zero attached hydrogens (tertiary/aromatic N) is 4.